The number of hydrogen-bond donors (Lipinski definition) is 1. The van der Waals surface area contributed by atoms with Gasteiger partial charge in [-0.15, -0.1) is 0 Å². The van der Waals surface area contributed by atoms with E-state index in [1.54, 1.807) is 0 Å². The van der Waals surface area contributed by atoms with Crippen LogP contribution in [0.4, 0.5) is 8.78 Å². The Morgan fingerprint density at radius 2 is 1.82 bits per heavy atom. The quantitative estimate of drug-likeness (QED) is 0.663. The summed E-state index contributed by atoms with van der Waals surface area (Å²) in [5.74, 6) is 1.76. The maximum absolute atomic E-state index is 11.7. The summed E-state index contributed by atoms with van der Waals surface area (Å²) in [5, 5.41) is 2.89. The zero-order chi connectivity index (χ0) is 7.84. The minimum atomic E-state index is -2.19. The molecule has 0 heterocycles. The van der Waals surface area contributed by atoms with Crippen molar-refractivity contribution >= 4 is 0 Å². The predicted molar refractivity (Wildman–Crippen MR) is 38.6 cm³/mol. The van der Waals surface area contributed by atoms with Crippen LogP contribution in [0.15, 0.2) is 0 Å². The van der Waals surface area contributed by atoms with Gasteiger partial charge in [-0.1, -0.05) is 0 Å². The summed E-state index contributed by atoms with van der Waals surface area (Å²) in [7, 11) is 0. The molecule has 0 spiro atoms. The van der Waals surface area contributed by atoms with E-state index in [1.807, 2.05) is 0 Å². The van der Waals surface area contributed by atoms with Gasteiger partial charge in [-0.25, -0.2) is 8.78 Å². The first-order chi connectivity index (χ1) is 5.25. The van der Waals surface area contributed by atoms with Crippen molar-refractivity contribution in [1.29, 1.82) is 0 Å². The van der Waals surface area contributed by atoms with Gasteiger partial charge in [0.2, 0.25) is 0 Å². The summed E-state index contributed by atoms with van der Waals surface area (Å²) in [6.45, 7) is -0.121. The lowest BCUT2D eigenvalue weighted by Crippen LogP contribution is -2.31. The van der Waals surface area contributed by atoms with Crippen molar-refractivity contribution in [3.05, 3.63) is 0 Å². The molecule has 0 aromatic carbocycles. The summed E-state index contributed by atoms with van der Waals surface area (Å²) in [5.41, 5.74) is 0. The van der Waals surface area contributed by atoms with Crippen molar-refractivity contribution < 1.29 is 8.78 Å². The lowest BCUT2D eigenvalue weighted by molar-refractivity contribution is 0.140. The molecular weight excluding hydrogens is 148 g/mol. The normalized spacial score (nSPS) is 41.2. The summed E-state index contributed by atoms with van der Waals surface area (Å²) < 4.78 is 23.5. The number of fused-ring (bicyclic) bond motifs is 1. The largest absolute Gasteiger partial charge is 0.309 e. The van der Waals surface area contributed by atoms with Gasteiger partial charge >= 0.3 is 0 Å². The molecule has 64 valence electrons. The molecule has 0 radical (unpaired) electrons. The fourth-order valence-corrected chi connectivity index (χ4v) is 2.14. The monoisotopic (exact) mass is 161 g/mol. The van der Waals surface area contributed by atoms with E-state index in [0.29, 0.717) is 6.04 Å². The number of hydrogen-bond acceptors (Lipinski definition) is 1. The van der Waals surface area contributed by atoms with Gasteiger partial charge in [0.05, 0.1) is 6.54 Å². The average molecular weight is 161 g/mol. The number of halogens is 2. The Balaban J connectivity index is 1.64. The molecule has 0 saturated heterocycles. The van der Waals surface area contributed by atoms with Crippen LogP contribution in [0.25, 0.3) is 0 Å². The molecule has 0 amide bonds. The fourth-order valence-electron chi connectivity index (χ4n) is 2.14. The molecule has 0 aromatic heterocycles. The zero-order valence-corrected chi connectivity index (χ0v) is 6.39. The molecule has 2 fully saturated rings. The molecule has 2 rings (SSSR count). The van der Waals surface area contributed by atoms with Gasteiger partial charge in [0.1, 0.15) is 0 Å². The van der Waals surface area contributed by atoms with E-state index in [2.05, 4.69) is 5.32 Å². The van der Waals surface area contributed by atoms with Crippen LogP contribution in [-0.4, -0.2) is 19.0 Å². The highest BCUT2D eigenvalue weighted by Crippen LogP contribution is 2.51. The summed E-state index contributed by atoms with van der Waals surface area (Å²) in [4.78, 5) is 0. The van der Waals surface area contributed by atoms with Crippen LogP contribution < -0.4 is 5.32 Å². The van der Waals surface area contributed by atoms with Crippen molar-refractivity contribution in [2.24, 2.45) is 11.8 Å². The van der Waals surface area contributed by atoms with Crippen LogP contribution in [0.1, 0.15) is 19.3 Å². The second-order valence-corrected chi connectivity index (χ2v) is 3.72. The standard InChI is InChI=1S/C8H13F2N/c9-8(10)4-11-7-2-5-1-6(5)3-7/h5-8,11H,1-4H2/t5-,6?,7?/m0/s1. The van der Waals surface area contributed by atoms with Gasteiger partial charge in [-0.05, 0) is 31.1 Å². The van der Waals surface area contributed by atoms with Crippen LogP contribution in [0.5, 0.6) is 0 Å². The van der Waals surface area contributed by atoms with Crippen molar-refractivity contribution in [3.8, 4) is 0 Å². The fraction of sp³-hybridized carbons (Fsp3) is 1.00. The van der Waals surface area contributed by atoms with E-state index in [1.165, 1.54) is 6.42 Å². The van der Waals surface area contributed by atoms with Crippen molar-refractivity contribution in [2.45, 2.75) is 31.7 Å². The molecule has 2 aliphatic rings. The predicted octanol–water partition coefficient (Wildman–Crippen LogP) is 1.64. The topological polar surface area (TPSA) is 12.0 Å². The highest BCUT2D eigenvalue weighted by molar-refractivity contribution is 4.98. The molecule has 0 aromatic rings. The molecule has 2 unspecified atom stereocenters. The molecule has 1 N–H and O–H groups in total. The van der Waals surface area contributed by atoms with Gasteiger partial charge in [0.15, 0.2) is 0 Å². The highest BCUT2D eigenvalue weighted by atomic mass is 19.3. The molecule has 3 atom stereocenters. The Morgan fingerprint density at radius 3 is 2.36 bits per heavy atom. The second kappa shape index (κ2) is 2.70. The Bertz CT molecular complexity index is 139. The van der Waals surface area contributed by atoms with Gasteiger partial charge in [0, 0.05) is 6.04 Å². The lowest BCUT2D eigenvalue weighted by Gasteiger charge is -2.12. The van der Waals surface area contributed by atoms with Gasteiger partial charge in [-0.2, -0.15) is 0 Å². The minimum absolute atomic E-state index is 0.121. The van der Waals surface area contributed by atoms with Crippen LogP contribution in [0.2, 0.25) is 0 Å². The average Bonchev–Trinajstić information content (AvgIpc) is 2.56. The van der Waals surface area contributed by atoms with Gasteiger partial charge < -0.3 is 5.32 Å². The van der Waals surface area contributed by atoms with Crippen LogP contribution in [-0.2, 0) is 0 Å². The number of nitrogens with one attached hydrogen (secondary N) is 1. The molecule has 3 heteroatoms. The Morgan fingerprint density at radius 1 is 1.18 bits per heavy atom. The zero-order valence-electron chi connectivity index (χ0n) is 6.39. The molecule has 2 aliphatic carbocycles. The molecule has 0 bridgehead atoms. The van der Waals surface area contributed by atoms with E-state index in [9.17, 15) is 8.78 Å². The van der Waals surface area contributed by atoms with Crippen LogP contribution in [0, 0.1) is 11.8 Å². The Kier molecular flexibility index (Phi) is 1.83. The molecular formula is C8H13F2N. The Hall–Kier alpha value is -0.180. The first-order valence-corrected chi connectivity index (χ1v) is 4.27. The van der Waals surface area contributed by atoms with E-state index < -0.39 is 6.43 Å². The van der Waals surface area contributed by atoms with Crippen molar-refractivity contribution in [1.82, 2.24) is 5.32 Å². The lowest BCUT2D eigenvalue weighted by atomic mass is 10.1. The van der Waals surface area contributed by atoms with E-state index in [-0.39, 0.29) is 6.54 Å². The number of alkyl halides is 2. The SMILES string of the molecule is FC(F)CNC1CC2C[C@H]2C1. The second-order valence-electron chi connectivity index (χ2n) is 3.72. The maximum atomic E-state index is 11.7. The molecule has 11 heavy (non-hydrogen) atoms. The third-order valence-corrected chi connectivity index (χ3v) is 2.80. The van der Waals surface area contributed by atoms with E-state index >= 15 is 0 Å². The number of rotatable bonds is 3. The molecule has 2 saturated carbocycles. The first kappa shape index (κ1) is 7.47. The summed E-state index contributed by atoms with van der Waals surface area (Å²) in [6.07, 6.45) is 1.44. The summed E-state index contributed by atoms with van der Waals surface area (Å²) in [6, 6.07) is 0.396. The minimum Gasteiger partial charge on any atom is -0.309 e. The van der Waals surface area contributed by atoms with Crippen molar-refractivity contribution in [2.75, 3.05) is 6.54 Å². The molecule has 0 aliphatic heterocycles. The van der Waals surface area contributed by atoms with Crippen LogP contribution >= 0.6 is 0 Å². The first-order valence-electron chi connectivity index (χ1n) is 4.27. The molecule has 1 nitrogen and oxygen atoms in total. The van der Waals surface area contributed by atoms with Crippen molar-refractivity contribution in [3.63, 3.8) is 0 Å². The van der Waals surface area contributed by atoms with Crippen LogP contribution in [0.3, 0.4) is 0 Å². The maximum Gasteiger partial charge on any atom is 0.250 e. The highest BCUT2D eigenvalue weighted by Gasteiger charge is 2.45. The smallest absolute Gasteiger partial charge is 0.250 e. The Labute approximate surface area is 65.2 Å². The summed E-state index contributed by atoms with van der Waals surface area (Å²) >= 11 is 0. The van der Waals surface area contributed by atoms with E-state index in [0.717, 1.165) is 24.7 Å². The van der Waals surface area contributed by atoms with Gasteiger partial charge in [0.25, 0.3) is 6.43 Å². The van der Waals surface area contributed by atoms with Gasteiger partial charge in [-0.3, -0.25) is 0 Å². The third-order valence-electron chi connectivity index (χ3n) is 2.80. The third kappa shape index (κ3) is 1.70. The van der Waals surface area contributed by atoms with E-state index in [4.69, 9.17) is 0 Å².